The normalized spacial score (nSPS) is 18.3. The molecule has 0 bridgehead atoms. The lowest BCUT2D eigenvalue weighted by Gasteiger charge is -2.32. The third-order valence-electron chi connectivity index (χ3n) is 5.74. The summed E-state index contributed by atoms with van der Waals surface area (Å²) in [6.07, 6.45) is 2.12. The highest BCUT2D eigenvalue weighted by Crippen LogP contribution is 2.32. The molecule has 2 heterocycles. The van der Waals surface area contributed by atoms with E-state index in [1.807, 2.05) is 6.07 Å². The summed E-state index contributed by atoms with van der Waals surface area (Å²) >= 11 is 1.54. The van der Waals surface area contributed by atoms with Crippen LogP contribution in [0.15, 0.2) is 52.3 Å². The molecule has 2 aliphatic heterocycles. The maximum absolute atomic E-state index is 13.9. The molecule has 0 aromatic heterocycles. The second-order valence-corrected chi connectivity index (χ2v) is 10.9. The number of piperidine rings is 1. The minimum atomic E-state index is -3.66. The van der Waals surface area contributed by atoms with Crippen molar-refractivity contribution in [1.29, 1.82) is 0 Å². The molecule has 0 atom stereocenters. The van der Waals surface area contributed by atoms with Crippen molar-refractivity contribution < 1.29 is 17.6 Å². The average molecular weight is 464 g/mol. The van der Waals surface area contributed by atoms with Crippen molar-refractivity contribution in [1.82, 2.24) is 9.62 Å². The molecule has 2 aromatic rings. The van der Waals surface area contributed by atoms with Gasteiger partial charge in [0, 0.05) is 35.7 Å². The maximum Gasteiger partial charge on any atom is 0.240 e. The number of benzene rings is 2. The lowest BCUT2D eigenvalue weighted by molar-refractivity contribution is -0.115. The maximum atomic E-state index is 13.9. The van der Waals surface area contributed by atoms with E-state index in [1.54, 1.807) is 36.0 Å². The predicted molar refractivity (Wildman–Crippen MR) is 120 cm³/mol. The van der Waals surface area contributed by atoms with E-state index < -0.39 is 10.0 Å². The number of hydrogen-bond donors (Lipinski definition) is 2. The van der Waals surface area contributed by atoms with E-state index in [2.05, 4.69) is 14.9 Å². The van der Waals surface area contributed by atoms with E-state index >= 15 is 0 Å². The summed E-state index contributed by atoms with van der Waals surface area (Å²) in [5.74, 6) is 0.630. The number of hydrogen-bond acceptors (Lipinski definition) is 5. The number of amides is 1. The summed E-state index contributed by atoms with van der Waals surface area (Å²) in [4.78, 5) is 15.0. The number of nitrogens with zero attached hydrogens (tertiary/aromatic N) is 1. The van der Waals surface area contributed by atoms with Crippen LogP contribution in [0.2, 0.25) is 0 Å². The number of rotatable bonds is 6. The minimum absolute atomic E-state index is 0.101. The lowest BCUT2D eigenvalue weighted by Crippen LogP contribution is -2.38. The van der Waals surface area contributed by atoms with Gasteiger partial charge in [-0.3, -0.25) is 9.69 Å². The number of nitrogens with one attached hydrogen (secondary N) is 2. The highest BCUT2D eigenvalue weighted by molar-refractivity contribution is 7.99. The molecular weight excluding hydrogens is 437 g/mol. The zero-order valence-corrected chi connectivity index (χ0v) is 18.8. The molecule has 166 valence electrons. The third-order valence-corrected chi connectivity index (χ3v) is 8.24. The average Bonchev–Trinajstić information content (AvgIpc) is 2.95. The summed E-state index contributed by atoms with van der Waals surface area (Å²) in [7, 11) is -3.66. The lowest BCUT2D eigenvalue weighted by atomic mass is 9.97. The molecule has 4 rings (SSSR count). The molecule has 6 nitrogen and oxygen atoms in total. The van der Waals surface area contributed by atoms with E-state index in [9.17, 15) is 17.6 Å². The highest BCUT2D eigenvalue weighted by atomic mass is 32.2. The van der Waals surface area contributed by atoms with Gasteiger partial charge in [0.05, 0.1) is 10.6 Å². The van der Waals surface area contributed by atoms with E-state index in [0.717, 1.165) is 30.8 Å². The van der Waals surface area contributed by atoms with Crippen LogP contribution in [0.1, 0.15) is 24.8 Å². The third kappa shape index (κ3) is 5.65. The van der Waals surface area contributed by atoms with Crippen molar-refractivity contribution in [3.63, 3.8) is 0 Å². The number of sulfonamides is 1. The number of anilines is 1. The first-order valence-corrected chi connectivity index (χ1v) is 12.9. The van der Waals surface area contributed by atoms with Crippen LogP contribution in [0.3, 0.4) is 0 Å². The van der Waals surface area contributed by atoms with Crippen LogP contribution < -0.4 is 10.0 Å². The molecule has 2 aromatic carbocycles. The molecule has 1 fully saturated rings. The summed E-state index contributed by atoms with van der Waals surface area (Å²) in [6, 6.07) is 11.7. The van der Waals surface area contributed by atoms with Gasteiger partial charge in [0.15, 0.2) is 0 Å². The minimum Gasteiger partial charge on any atom is -0.325 e. The second kappa shape index (κ2) is 9.68. The van der Waals surface area contributed by atoms with Gasteiger partial charge in [0.25, 0.3) is 0 Å². The molecule has 0 spiro atoms. The summed E-state index contributed by atoms with van der Waals surface area (Å²) in [5, 5.41) is 2.78. The van der Waals surface area contributed by atoms with Gasteiger partial charge >= 0.3 is 0 Å². The highest BCUT2D eigenvalue weighted by Gasteiger charge is 2.24. The molecule has 1 saturated heterocycles. The topological polar surface area (TPSA) is 78.5 Å². The monoisotopic (exact) mass is 463 g/mol. The molecule has 1 amide bonds. The van der Waals surface area contributed by atoms with Gasteiger partial charge in [-0.25, -0.2) is 17.5 Å². The Bertz CT molecular complexity index is 1050. The van der Waals surface area contributed by atoms with Gasteiger partial charge in [0.1, 0.15) is 5.82 Å². The van der Waals surface area contributed by atoms with E-state index in [-0.39, 0.29) is 22.5 Å². The van der Waals surface area contributed by atoms with Crippen LogP contribution in [0.4, 0.5) is 10.1 Å². The Morgan fingerprint density at radius 2 is 1.94 bits per heavy atom. The van der Waals surface area contributed by atoms with E-state index in [1.165, 1.54) is 12.1 Å². The number of fused-ring (bicyclic) bond motifs is 1. The summed E-state index contributed by atoms with van der Waals surface area (Å²) < 4.78 is 42.2. The first-order chi connectivity index (χ1) is 14.9. The van der Waals surface area contributed by atoms with Crippen molar-refractivity contribution in [2.45, 2.75) is 35.6 Å². The van der Waals surface area contributed by atoms with Gasteiger partial charge in [-0.05, 0) is 56.1 Å². The second-order valence-electron chi connectivity index (χ2n) is 7.97. The van der Waals surface area contributed by atoms with Crippen molar-refractivity contribution >= 4 is 33.4 Å². The number of carbonyl (C=O) groups excluding carboxylic acids is 1. The Hall–Kier alpha value is -1.94. The summed E-state index contributed by atoms with van der Waals surface area (Å²) in [5.41, 5.74) is 1.24. The predicted octanol–water partition coefficient (Wildman–Crippen LogP) is 3.45. The first-order valence-electron chi connectivity index (χ1n) is 10.4. The smallest absolute Gasteiger partial charge is 0.240 e. The van der Waals surface area contributed by atoms with Crippen molar-refractivity contribution in [2.75, 3.05) is 30.7 Å². The fourth-order valence-corrected chi connectivity index (χ4v) is 5.97. The van der Waals surface area contributed by atoms with E-state index in [4.69, 9.17) is 0 Å². The van der Waals surface area contributed by atoms with Crippen LogP contribution in [-0.4, -0.2) is 44.6 Å². The zero-order chi connectivity index (χ0) is 21.8. The van der Waals surface area contributed by atoms with Crippen LogP contribution in [0, 0.1) is 11.7 Å². The molecule has 31 heavy (non-hydrogen) atoms. The Balaban J connectivity index is 1.31. The molecule has 0 radical (unpaired) electrons. The molecule has 0 aliphatic carbocycles. The quantitative estimate of drug-likeness (QED) is 0.686. The van der Waals surface area contributed by atoms with Gasteiger partial charge in [-0.15, -0.1) is 11.8 Å². The number of halogens is 1. The van der Waals surface area contributed by atoms with Crippen LogP contribution in [-0.2, 0) is 21.4 Å². The fourth-order valence-electron chi connectivity index (χ4n) is 3.89. The molecule has 2 N–H and O–H groups in total. The van der Waals surface area contributed by atoms with Crippen molar-refractivity contribution in [3.8, 4) is 0 Å². The largest absolute Gasteiger partial charge is 0.325 e. The molecule has 0 unspecified atom stereocenters. The van der Waals surface area contributed by atoms with Gasteiger partial charge < -0.3 is 5.32 Å². The Labute approximate surface area is 186 Å². The van der Waals surface area contributed by atoms with Crippen LogP contribution in [0.5, 0.6) is 0 Å². The van der Waals surface area contributed by atoms with Gasteiger partial charge in [-0.1, -0.05) is 18.2 Å². The molecular formula is C22H26FN3O3S2. The van der Waals surface area contributed by atoms with Gasteiger partial charge in [0.2, 0.25) is 15.9 Å². The first kappa shape index (κ1) is 22.3. The molecule has 9 heteroatoms. The summed E-state index contributed by atoms with van der Waals surface area (Å²) in [6.45, 7) is 2.56. The van der Waals surface area contributed by atoms with Crippen molar-refractivity contribution in [2.24, 2.45) is 5.92 Å². The molecule has 0 saturated carbocycles. The van der Waals surface area contributed by atoms with Crippen LogP contribution in [0.25, 0.3) is 0 Å². The number of thioether (sulfide) groups is 1. The Kier molecular flexibility index (Phi) is 6.95. The van der Waals surface area contributed by atoms with E-state index in [0.29, 0.717) is 36.5 Å². The zero-order valence-electron chi connectivity index (χ0n) is 17.1. The fraction of sp³-hybridized carbons (Fsp3) is 0.409. The Morgan fingerprint density at radius 1 is 1.16 bits per heavy atom. The standard InChI is InChI=1S/C22H26FN3O3S2/c23-19-4-2-1-3-17(19)15-26-10-7-16(8-11-26)14-24-31(28,29)18-5-6-21-20(13-18)25-22(27)9-12-30-21/h1-6,13,16,24H,7-12,14-15H2,(H,25,27). The molecule has 2 aliphatic rings. The number of carbonyl (C=O) groups is 1. The van der Waals surface area contributed by atoms with Crippen LogP contribution >= 0.6 is 11.8 Å². The van der Waals surface area contributed by atoms with Crippen molar-refractivity contribution in [3.05, 3.63) is 53.8 Å². The SMILES string of the molecule is O=C1CCSc2ccc(S(=O)(=O)NCC3CCN(Cc4ccccc4F)CC3)cc2N1. The van der Waals surface area contributed by atoms with Gasteiger partial charge in [-0.2, -0.15) is 0 Å². The number of likely N-dealkylation sites (tertiary alicyclic amines) is 1. The Morgan fingerprint density at radius 3 is 2.71 bits per heavy atom.